The van der Waals surface area contributed by atoms with Gasteiger partial charge < -0.3 is 9.47 Å². The molecule has 1 fully saturated rings. The topological polar surface area (TPSA) is 99.0 Å². The van der Waals surface area contributed by atoms with Crippen LogP contribution in [0.25, 0.3) is 6.08 Å². The Bertz CT molecular complexity index is 1030. The zero-order valence-corrected chi connectivity index (χ0v) is 19.0. The van der Waals surface area contributed by atoms with Crippen molar-refractivity contribution in [1.82, 2.24) is 4.90 Å². The third kappa shape index (κ3) is 5.93. The van der Waals surface area contributed by atoms with Gasteiger partial charge in [-0.3, -0.25) is 24.6 Å². The number of ether oxygens (including phenoxy) is 2. The number of benzene rings is 2. The lowest BCUT2D eigenvalue weighted by Crippen LogP contribution is -2.29. The number of methoxy groups -OCH3 is 1. The van der Waals surface area contributed by atoms with E-state index in [9.17, 15) is 19.7 Å². The van der Waals surface area contributed by atoms with E-state index in [1.54, 1.807) is 43.5 Å². The number of hydrogen-bond donors (Lipinski definition) is 0. The second-order valence-corrected chi connectivity index (χ2v) is 8.48. The summed E-state index contributed by atoms with van der Waals surface area (Å²) >= 11 is 4.30. The zero-order chi connectivity index (χ0) is 22.4. The average Bonchev–Trinajstić information content (AvgIpc) is 3.01. The van der Waals surface area contributed by atoms with Crippen molar-refractivity contribution in [1.29, 1.82) is 0 Å². The molecule has 8 nitrogen and oxygen atoms in total. The maximum Gasteiger partial charge on any atom is 0.293 e. The highest BCUT2D eigenvalue weighted by Gasteiger charge is 2.34. The van der Waals surface area contributed by atoms with Crippen LogP contribution in [-0.2, 0) is 16.1 Å². The van der Waals surface area contributed by atoms with Gasteiger partial charge in [0.05, 0.1) is 9.83 Å². The van der Waals surface area contributed by atoms with Crippen molar-refractivity contribution in [2.75, 3.05) is 20.3 Å². The summed E-state index contributed by atoms with van der Waals surface area (Å²) in [6, 6.07) is 11.4. The van der Waals surface area contributed by atoms with Crippen LogP contribution in [0.3, 0.4) is 0 Å². The van der Waals surface area contributed by atoms with Crippen LogP contribution in [0.1, 0.15) is 17.5 Å². The molecule has 2 amide bonds. The fourth-order valence-electron chi connectivity index (χ4n) is 2.84. The van der Waals surface area contributed by atoms with Crippen LogP contribution in [0.2, 0.25) is 0 Å². The molecule has 0 aliphatic carbocycles. The summed E-state index contributed by atoms with van der Waals surface area (Å²) < 4.78 is 11.7. The molecule has 0 aromatic heterocycles. The lowest BCUT2D eigenvalue weighted by atomic mass is 10.1. The van der Waals surface area contributed by atoms with Gasteiger partial charge in [0.2, 0.25) is 0 Å². The Balaban J connectivity index is 1.76. The number of hydrogen-bond acceptors (Lipinski definition) is 7. The largest absolute Gasteiger partial charge is 0.488 e. The third-order valence-electron chi connectivity index (χ3n) is 4.40. The first-order chi connectivity index (χ1) is 14.9. The second-order valence-electron chi connectivity index (χ2n) is 6.57. The van der Waals surface area contributed by atoms with Crippen molar-refractivity contribution in [2.45, 2.75) is 13.0 Å². The quantitative estimate of drug-likeness (QED) is 0.204. The van der Waals surface area contributed by atoms with Gasteiger partial charge in [0, 0.05) is 42.4 Å². The molecule has 0 radical (unpaired) electrons. The predicted octanol–water partition coefficient (Wildman–Crippen LogP) is 5.01. The van der Waals surface area contributed by atoms with Crippen molar-refractivity contribution in [3.8, 4) is 5.75 Å². The first-order valence-electron chi connectivity index (χ1n) is 9.29. The van der Waals surface area contributed by atoms with Gasteiger partial charge in [0.1, 0.15) is 12.4 Å². The number of non-ortho nitro benzene ring substituents is 1. The van der Waals surface area contributed by atoms with E-state index < -0.39 is 4.92 Å². The normalized spacial score (nSPS) is 15.0. The summed E-state index contributed by atoms with van der Waals surface area (Å²) in [6.45, 7) is 0.962. The average molecular weight is 507 g/mol. The summed E-state index contributed by atoms with van der Waals surface area (Å²) in [7, 11) is 1.57. The Labute approximate surface area is 191 Å². The highest BCUT2D eigenvalue weighted by molar-refractivity contribution is 9.10. The van der Waals surface area contributed by atoms with E-state index in [2.05, 4.69) is 15.9 Å². The van der Waals surface area contributed by atoms with Crippen LogP contribution in [0.15, 0.2) is 51.8 Å². The van der Waals surface area contributed by atoms with E-state index in [0.717, 1.165) is 21.8 Å². The van der Waals surface area contributed by atoms with E-state index in [4.69, 9.17) is 9.47 Å². The number of thioether (sulfide) groups is 1. The predicted molar refractivity (Wildman–Crippen MR) is 121 cm³/mol. The standard InChI is InChI=1S/C21H19BrN2O6S/c1-29-10-2-9-23-20(25)19(31-21(23)26)12-15-11-16(22)5-8-18(15)30-13-14-3-6-17(7-4-14)24(27)28/h3-8,11-12H,2,9-10,13H2,1H3/b19-12+. The number of imide groups is 1. The minimum Gasteiger partial charge on any atom is -0.488 e. The molecular formula is C21H19BrN2O6S. The van der Waals surface area contributed by atoms with Gasteiger partial charge in [-0.25, -0.2) is 0 Å². The smallest absolute Gasteiger partial charge is 0.293 e. The van der Waals surface area contributed by atoms with Crippen LogP contribution < -0.4 is 4.74 Å². The Morgan fingerprint density at radius 3 is 2.61 bits per heavy atom. The van der Waals surface area contributed by atoms with Crippen LogP contribution in [-0.4, -0.2) is 41.2 Å². The number of carbonyl (C=O) groups excluding carboxylic acids is 2. The van der Waals surface area contributed by atoms with E-state index in [1.807, 2.05) is 0 Å². The summed E-state index contributed by atoms with van der Waals surface area (Å²) in [5, 5.41) is 10.5. The van der Waals surface area contributed by atoms with Gasteiger partial charge in [0.25, 0.3) is 16.8 Å². The molecule has 1 heterocycles. The number of halogens is 1. The summed E-state index contributed by atoms with van der Waals surface area (Å²) in [5.74, 6) is 0.181. The molecule has 0 unspecified atom stereocenters. The van der Waals surface area contributed by atoms with E-state index >= 15 is 0 Å². The molecule has 0 bridgehead atoms. The van der Waals surface area contributed by atoms with Crippen molar-refractivity contribution >= 4 is 50.6 Å². The highest BCUT2D eigenvalue weighted by atomic mass is 79.9. The summed E-state index contributed by atoms with van der Waals surface area (Å²) in [5.41, 5.74) is 1.41. The Morgan fingerprint density at radius 2 is 1.94 bits per heavy atom. The van der Waals surface area contributed by atoms with Gasteiger partial charge in [-0.2, -0.15) is 0 Å². The van der Waals surface area contributed by atoms with E-state index in [1.165, 1.54) is 17.0 Å². The summed E-state index contributed by atoms with van der Waals surface area (Å²) in [6.07, 6.45) is 2.21. The molecule has 0 saturated carbocycles. The summed E-state index contributed by atoms with van der Waals surface area (Å²) in [4.78, 5) is 36.7. The van der Waals surface area contributed by atoms with Gasteiger partial charge in [-0.15, -0.1) is 0 Å². The minimum atomic E-state index is -0.459. The third-order valence-corrected chi connectivity index (χ3v) is 5.80. The van der Waals surface area contributed by atoms with Crippen molar-refractivity contribution in [3.63, 3.8) is 0 Å². The van der Waals surface area contributed by atoms with E-state index in [-0.39, 0.29) is 23.4 Å². The molecule has 3 rings (SSSR count). The fourth-order valence-corrected chi connectivity index (χ4v) is 4.07. The molecule has 1 aliphatic rings. The molecule has 1 saturated heterocycles. The first-order valence-corrected chi connectivity index (χ1v) is 10.9. The van der Waals surface area contributed by atoms with Gasteiger partial charge >= 0.3 is 0 Å². The maximum absolute atomic E-state index is 12.6. The molecule has 162 valence electrons. The number of nitro benzene ring substituents is 1. The molecule has 10 heteroatoms. The van der Waals surface area contributed by atoms with E-state index in [0.29, 0.717) is 35.8 Å². The van der Waals surface area contributed by atoms with Crippen LogP contribution in [0, 0.1) is 10.1 Å². The van der Waals surface area contributed by atoms with Crippen molar-refractivity contribution in [3.05, 3.63) is 73.1 Å². The Morgan fingerprint density at radius 1 is 1.19 bits per heavy atom. The van der Waals surface area contributed by atoms with Gasteiger partial charge in [-0.1, -0.05) is 15.9 Å². The molecule has 0 atom stereocenters. The number of nitro groups is 1. The van der Waals surface area contributed by atoms with Crippen molar-refractivity contribution < 1.29 is 24.0 Å². The van der Waals surface area contributed by atoms with Gasteiger partial charge in [-0.05, 0) is 60.2 Å². The number of rotatable bonds is 9. The van der Waals surface area contributed by atoms with Crippen LogP contribution in [0.4, 0.5) is 10.5 Å². The number of nitrogens with zero attached hydrogens (tertiary/aromatic N) is 2. The maximum atomic E-state index is 12.6. The van der Waals surface area contributed by atoms with Crippen LogP contribution in [0.5, 0.6) is 5.75 Å². The van der Waals surface area contributed by atoms with Crippen LogP contribution >= 0.6 is 27.7 Å². The first kappa shape index (κ1) is 23.0. The SMILES string of the molecule is COCCCN1C(=O)S/C(=C/c2cc(Br)ccc2OCc2ccc([N+](=O)[O-])cc2)C1=O. The Kier molecular flexibility index (Phi) is 7.83. The number of carbonyl (C=O) groups is 2. The molecule has 1 aliphatic heterocycles. The lowest BCUT2D eigenvalue weighted by Gasteiger charge is -2.12. The molecule has 2 aromatic rings. The zero-order valence-electron chi connectivity index (χ0n) is 16.6. The molecule has 2 aromatic carbocycles. The Hall–Kier alpha value is -2.69. The molecular weight excluding hydrogens is 488 g/mol. The lowest BCUT2D eigenvalue weighted by molar-refractivity contribution is -0.384. The van der Waals surface area contributed by atoms with Crippen molar-refractivity contribution in [2.24, 2.45) is 0 Å². The fraction of sp³-hybridized carbons (Fsp3) is 0.238. The van der Waals surface area contributed by atoms with Gasteiger partial charge in [0.15, 0.2) is 0 Å². The number of amides is 2. The molecule has 0 spiro atoms. The highest BCUT2D eigenvalue weighted by Crippen LogP contribution is 2.35. The minimum absolute atomic E-state index is 0.00862. The molecule has 0 N–H and O–H groups in total. The molecule has 31 heavy (non-hydrogen) atoms. The monoisotopic (exact) mass is 506 g/mol. The second kappa shape index (κ2) is 10.6.